The van der Waals surface area contributed by atoms with Crippen molar-refractivity contribution in [2.45, 2.75) is 38.6 Å². The van der Waals surface area contributed by atoms with Crippen LogP contribution >= 0.6 is 0 Å². The summed E-state index contributed by atoms with van der Waals surface area (Å²) in [6.45, 7) is 3.34. The summed E-state index contributed by atoms with van der Waals surface area (Å²) >= 11 is 0. The Bertz CT molecular complexity index is 434. The molecule has 1 aromatic carbocycles. The fourth-order valence-corrected chi connectivity index (χ4v) is 2.48. The van der Waals surface area contributed by atoms with E-state index in [1.54, 1.807) is 0 Å². The predicted octanol–water partition coefficient (Wildman–Crippen LogP) is 2.91. The van der Waals surface area contributed by atoms with Crippen LogP contribution < -0.4 is 10.6 Å². The third kappa shape index (κ3) is 2.52. The Kier molecular flexibility index (Phi) is 3.53. The predicted molar refractivity (Wildman–Crippen MR) is 70.8 cm³/mol. The number of nitriles is 1. The monoisotopic (exact) mass is 229 g/mol. The number of hydrogen-bond donors (Lipinski definition) is 1. The average Bonchev–Trinajstić information content (AvgIpc) is 2.55. The minimum absolute atomic E-state index is 0.549. The highest BCUT2D eigenvalue weighted by Gasteiger charge is 2.17. The third-order valence-corrected chi connectivity index (χ3v) is 3.54. The van der Waals surface area contributed by atoms with Crippen LogP contribution in [0.5, 0.6) is 0 Å². The standard InChI is InChI=1S/C14H19N3/c1-11-5-3-2-4-8-17(11)13-6-7-14(16)12(9-13)10-15/h6-7,9,11H,2-5,8,16H2,1H3. The summed E-state index contributed by atoms with van der Waals surface area (Å²) < 4.78 is 0. The number of rotatable bonds is 1. The molecule has 17 heavy (non-hydrogen) atoms. The van der Waals surface area contributed by atoms with E-state index in [2.05, 4.69) is 17.9 Å². The molecule has 2 rings (SSSR count). The van der Waals surface area contributed by atoms with E-state index in [0.717, 1.165) is 12.2 Å². The zero-order valence-corrected chi connectivity index (χ0v) is 10.3. The molecule has 0 aliphatic carbocycles. The van der Waals surface area contributed by atoms with Gasteiger partial charge in [0.15, 0.2) is 0 Å². The van der Waals surface area contributed by atoms with E-state index < -0.39 is 0 Å². The van der Waals surface area contributed by atoms with Crippen molar-refractivity contribution in [1.29, 1.82) is 5.26 Å². The van der Waals surface area contributed by atoms with Crippen molar-refractivity contribution >= 4 is 11.4 Å². The van der Waals surface area contributed by atoms with E-state index >= 15 is 0 Å². The molecule has 0 bridgehead atoms. The second-order valence-corrected chi connectivity index (χ2v) is 4.78. The Balaban J connectivity index is 2.29. The summed E-state index contributed by atoms with van der Waals surface area (Å²) in [5.41, 5.74) is 8.03. The highest BCUT2D eigenvalue weighted by Crippen LogP contribution is 2.26. The van der Waals surface area contributed by atoms with Crippen LogP contribution in [0.2, 0.25) is 0 Å². The number of hydrogen-bond acceptors (Lipinski definition) is 3. The molecule has 1 aliphatic rings. The van der Waals surface area contributed by atoms with Gasteiger partial charge in [-0.3, -0.25) is 0 Å². The van der Waals surface area contributed by atoms with Crippen LogP contribution in [0.1, 0.15) is 38.2 Å². The molecule has 3 nitrogen and oxygen atoms in total. The van der Waals surface area contributed by atoms with Gasteiger partial charge in [0.05, 0.1) is 5.56 Å². The van der Waals surface area contributed by atoms with Crippen molar-refractivity contribution < 1.29 is 0 Å². The van der Waals surface area contributed by atoms with Crippen LogP contribution in [-0.2, 0) is 0 Å². The zero-order valence-electron chi connectivity index (χ0n) is 10.3. The molecule has 3 heteroatoms. The number of nitrogens with zero attached hydrogens (tertiary/aromatic N) is 2. The van der Waals surface area contributed by atoms with E-state index in [-0.39, 0.29) is 0 Å². The molecule has 1 unspecified atom stereocenters. The summed E-state index contributed by atoms with van der Waals surface area (Å²) in [6.07, 6.45) is 5.07. The smallest absolute Gasteiger partial charge is 0.101 e. The molecule has 1 aliphatic heterocycles. The van der Waals surface area contributed by atoms with Crippen molar-refractivity contribution in [3.05, 3.63) is 23.8 Å². The molecule has 90 valence electrons. The molecule has 2 N–H and O–H groups in total. The molecule has 0 saturated carbocycles. The molecule has 1 fully saturated rings. The lowest BCUT2D eigenvalue weighted by Gasteiger charge is -2.29. The van der Waals surface area contributed by atoms with E-state index in [4.69, 9.17) is 11.0 Å². The van der Waals surface area contributed by atoms with Crippen molar-refractivity contribution in [3.63, 3.8) is 0 Å². The molecular formula is C14H19N3. The second-order valence-electron chi connectivity index (χ2n) is 4.78. The summed E-state index contributed by atoms with van der Waals surface area (Å²) in [7, 11) is 0. The van der Waals surface area contributed by atoms with E-state index in [1.165, 1.54) is 25.7 Å². The summed E-state index contributed by atoms with van der Waals surface area (Å²) in [6, 6.07) is 8.48. The fourth-order valence-electron chi connectivity index (χ4n) is 2.48. The molecule has 1 aromatic rings. The third-order valence-electron chi connectivity index (χ3n) is 3.54. The van der Waals surface area contributed by atoms with Crippen LogP contribution in [0.25, 0.3) is 0 Å². The minimum atomic E-state index is 0.549. The lowest BCUT2D eigenvalue weighted by molar-refractivity contribution is 0.616. The van der Waals surface area contributed by atoms with Gasteiger partial charge in [-0.15, -0.1) is 0 Å². The van der Waals surface area contributed by atoms with Crippen LogP contribution in [0.3, 0.4) is 0 Å². The minimum Gasteiger partial charge on any atom is -0.398 e. The van der Waals surface area contributed by atoms with Gasteiger partial charge in [-0.05, 0) is 38.0 Å². The molecule has 1 saturated heterocycles. The zero-order chi connectivity index (χ0) is 12.3. The van der Waals surface area contributed by atoms with Gasteiger partial charge in [0, 0.05) is 24.0 Å². The summed E-state index contributed by atoms with van der Waals surface area (Å²) in [5, 5.41) is 9.01. The first-order valence-electron chi connectivity index (χ1n) is 6.28. The van der Waals surface area contributed by atoms with Crippen LogP contribution in [-0.4, -0.2) is 12.6 Å². The molecule has 0 amide bonds. The molecule has 0 spiro atoms. The maximum absolute atomic E-state index is 9.01. The van der Waals surface area contributed by atoms with Crippen molar-refractivity contribution in [3.8, 4) is 6.07 Å². The van der Waals surface area contributed by atoms with Gasteiger partial charge in [0.25, 0.3) is 0 Å². The second kappa shape index (κ2) is 5.09. The van der Waals surface area contributed by atoms with Gasteiger partial charge < -0.3 is 10.6 Å². The van der Waals surface area contributed by atoms with Gasteiger partial charge in [0.1, 0.15) is 6.07 Å². The normalized spacial score (nSPS) is 20.7. The van der Waals surface area contributed by atoms with Crippen molar-refractivity contribution in [1.82, 2.24) is 0 Å². The Morgan fingerprint density at radius 2 is 2.18 bits per heavy atom. The topological polar surface area (TPSA) is 53.0 Å². The molecule has 1 atom stereocenters. The van der Waals surface area contributed by atoms with Gasteiger partial charge in [-0.2, -0.15) is 5.26 Å². The summed E-state index contributed by atoms with van der Waals surface area (Å²) in [5.74, 6) is 0. The number of benzene rings is 1. The van der Waals surface area contributed by atoms with Gasteiger partial charge >= 0.3 is 0 Å². The summed E-state index contributed by atoms with van der Waals surface area (Å²) in [4.78, 5) is 2.40. The Morgan fingerprint density at radius 1 is 1.35 bits per heavy atom. The van der Waals surface area contributed by atoms with Gasteiger partial charge in [-0.1, -0.05) is 12.8 Å². The lowest BCUT2D eigenvalue weighted by atomic mass is 10.1. The Labute approximate surface area is 103 Å². The quantitative estimate of drug-likeness (QED) is 0.753. The van der Waals surface area contributed by atoms with Crippen molar-refractivity contribution in [2.24, 2.45) is 0 Å². The van der Waals surface area contributed by atoms with Gasteiger partial charge in [-0.25, -0.2) is 0 Å². The number of anilines is 2. The first kappa shape index (κ1) is 11.8. The Hall–Kier alpha value is -1.69. The molecule has 0 aromatic heterocycles. The van der Waals surface area contributed by atoms with E-state index in [9.17, 15) is 0 Å². The molecule has 1 heterocycles. The van der Waals surface area contributed by atoms with Crippen molar-refractivity contribution in [2.75, 3.05) is 17.2 Å². The highest BCUT2D eigenvalue weighted by molar-refractivity contribution is 5.63. The molecular weight excluding hydrogens is 210 g/mol. The number of nitrogen functional groups attached to an aromatic ring is 1. The first-order chi connectivity index (χ1) is 8.22. The molecule has 0 radical (unpaired) electrons. The van der Waals surface area contributed by atoms with E-state index in [0.29, 0.717) is 17.3 Å². The highest BCUT2D eigenvalue weighted by atomic mass is 15.2. The van der Waals surface area contributed by atoms with Crippen LogP contribution in [0.4, 0.5) is 11.4 Å². The van der Waals surface area contributed by atoms with Crippen LogP contribution in [0.15, 0.2) is 18.2 Å². The Morgan fingerprint density at radius 3 is 2.94 bits per heavy atom. The first-order valence-corrected chi connectivity index (χ1v) is 6.28. The largest absolute Gasteiger partial charge is 0.398 e. The van der Waals surface area contributed by atoms with E-state index in [1.807, 2.05) is 18.2 Å². The fraction of sp³-hybridized carbons (Fsp3) is 0.500. The average molecular weight is 229 g/mol. The van der Waals surface area contributed by atoms with Gasteiger partial charge in [0.2, 0.25) is 0 Å². The number of nitrogens with two attached hydrogens (primary N) is 1. The lowest BCUT2D eigenvalue weighted by Crippen LogP contribution is -2.32. The van der Waals surface area contributed by atoms with Crippen LogP contribution in [0, 0.1) is 11.3 Å². The maximum atomic E-state index is 9.01. The SMILES string of the molecule is CC1CCCCCN1c1ccc(N)c(C#N)c1. The maximum Gasteiger partial charge on any atom is 0.101 e.